The third-order valence-corrected chi connectivity index (χ3v) is 3.58. The van der Waals surface area contributed by atoms with Crippen molar-refractivity contribution in [3.8, 4) is 0 Å². The van der Waals surface area contributed by atoms with Crippen LogP contribution in [-0.4, -0.2) is 18.6 Å². The molecule has 0 bridgehead atoms. The molecule has 2 nitrogen and oxygen atoms in total. The van der Waals surface area contributed by atoms with E-state index in [4.69, 9.17) is 0 Å². The fourth-order valence-electron chi connectivity index (χ4n) is 2.35. The van der Waals surface area contributed by atoms with Crippen LogP contribution in [0.3, 0.4) is 0 Å². The van der Waals surface area contributed by atoms with Crippen molar-refractivity contribution in [2.75, 3.05) is 13.6 Å². The molecule has 1 aromatic heterocycles. The smallest absolute Gasteiger partial charge is 0.0410 e. The minimum Gasteiger partial charge on any atom is -0.319 e. The van der Waals surface area contributed by atoms with E-state index in [0.29, 0.717) is 5.92 Å². The first-order valence-corrected chi connectivity index (χ1v) is 7.35. The topological polar surface area (TPSA) is 24.9 Å². The van der Waals surface area contributed by atoms with Gasteiger partial charge in [0.15, 0.2) is 0 Å². The Morgan fingerprint density at radius 1 is 1.11 bits per heavy atom. The van der Waals surface area contributed by atoms with Crippen LogP contribution in [0.5, 0.6) is 0 Å². The fourth-order valence-corrected chi connectivity index (χ4v) is 2.77. The van der Waals surface area contributed by atoms with E-state index in [-0.39, 0.29) is 0 Å². The molecule has 3 heteroatoms. The van der Waals surface area contributed by atoms with E-state index < -0.39 is 0 Å². The monoisotopic (exact) mass is 318 g/mol. The van der Waals surface area contributed by atoms with Crippen molar-refractivity contribution in [2.45, 2.75) is 12.8 Å². The van der Waals surface area contributed by atoms with Gasteiger partial charge in [0.1, 0.15) is 0 Å². The molecule has 0 amide bonds. The second-order valence-electron chi connectivity index (χ2n) is 4.83. The molecule has 100 valence electrons. The summed E-state index contributed by atoms with van der Waals surface area (Å²) in [6.45, 7) is 1.02. The van der Waals surface area contributed by atoms with E-state index >= 15 is 0 Å². The van der Waals surface area contributed by atoms with Crippen molar-refractivity contribution in [3.63, 3.8) is 0 Å². The standard InChI is InChI=1S/C16H19BrN2/c1-18-10-14(7-13-5-3-2-4-6-13)8-15-9-16(17)12-19-11-15/h2-6,9,11-12,14,18H,7-8,10H2,1H3. The molecule has 2 rings (SSSR count). The van der Waals surface area contributed by atoms with Gasteiger partial charge in [-0.1, -0.05) is 30.3 Å². The molecule has 1 atom stereocenters. The number of hydrogen-bond donors (Lipinski definition) is 1. The van der Waals surface area contributed by atoms with Gasteiger partial charge < -0.3 is 5.32 Å². The number of nitrogens with zero attached hydrogens (tertiary/aromatic N) is 1. The molecule has 0 spiro atoms. The van der Waals surface area contributed by atoms with E-state index in [0.717, 1.165) is 23.9 Å². The van der Waals surface area contributed by atoms with Gasteiger partial charge in [-0.05, 0) is 65.5 Å². The van der Waals surface area contributed by atoms with E-state index in [1.807, 2.05) is 19.4 Å². The molecule has 0 saturated carbocycles. The summed E-state index contributed by atoms with van der Waals surface area (Å²) in [4.78, 5) is 4.24. The summed E-state index contributed by atoms with van der Waals surface area (Å²) in [5.41, 5.74) is 2.68. The summed E-state index contributed by atoms with van der Waals surface area (Å²) in [6.07, 6.45) is 5.92. The highest BCUT2D eigenvalue weighted by Gasteiger charge is 2.10. The lowest BCUT2D eigenvalue weighted by Gasteiger charge is -2.16. The Bertz CT molecular complexity index is 499. The van der Waals surface area contributed by atoms with Gasteiger partial charge in [-0.15, -0.1) is 0 Å². The predicted molar refractivity (Wildman–Crippen MR) is 83.2 cm³/mol. The average Bonchev–Trinajstić information content (AvgIpc) is 2.40. The number of pyridine rings is 1. The normalized spacial score (nSPS) is 12.3. The van der Waals surface area contributed by atoms with Gasteiger partial charge >= 0.3 is 0 Å². The van der Waals surface area contributed by atoms with Crippen LogP contribution in [0, 0.1) is 5.92 Å². The Balaban J connectivity index is 2.04. The van der Waals surface area contributed by atoms with Crippen LogP contribution in [-0.2, 0) is 12.8 Å². The second-order valence-corrected chi connectivity index (χ2v) is 5.74. The zero-order valence-corrected chi connectivity index (χ0v) is 12.7. The Hall–Kier alpha value is -1.19. The number of aromatic nitrogens is 1. The number of nitrogens with one attached hydrogen (secondary N) is 1. The lowest BCUT2D eigenvalue weighted by molar-refractivity contribution is 0.492. The number of hydrogen-bond acceptors (Lipinski definition) is 2. The van der Waals surface area contributed by atoms with Gasteiger partial charge in [-0.3, -0.25) is 4.98 Å². The number of benzene rings is 1. The van der Waals surface area contributed by atoms with Crippen LogP contribution in [0.15, 0.2) is 53.3 Å². The summed E-state index contributed by atoms with van der Waals surface area (Å²) >= 11 is 3.48. The van der Waals surface area contributed by atoms with E-state index in [2.05, 4.69) is 62.6 Å². The zero-order chi connectivity index (χ0) is 13.5. The highest BCUT2D eigenvalue weighted by molar-refractivity contribution is 9.10. The van der Waals surface area contributed by atoms with Crippen LogP contribution in [0.25, 0.3) is 0 Å². The van der Waals surface area contributed by atoms with E-state index in [1.54, 1.807) is 0 Å². The average molecular weight is 319 g/mol. The summed E-state index contributed by atoms with van der Waals surface area (Å²) in [5, 5.41) is 3.29. The molecular weight excluding hydrogens is 300 g/mol. The molecule has 1 heterocycles. The maximum Gasteiger partial charge on any atom is 0.0410 e. The first-order valence-electron chi connectivity index (χ1n) is 6.56. The molecule has 1 unspecified atom stereocenters. The minimum atomic E-state index is 0.587. The van der Waals surface area contributed by atoms with Gasteiger partial charge in [-0.2, -0.15) is 0 Å². The molecule has 1 N–H and O–H groups in total. The largest absolute Gasteiger partial charge is 0.319 e. The molecule has 0 aliphatic carbocycles. The quantitative estimate of drug-likeness (QED) is 0.882. The molecule has 0 aliphatic heterocycles. The summed E-state index contributed by atoms with van der Waals surface area (Å²) in [7, 11) is 2.01. The fraction of sp³-hybridized carbons (Fsp3) is 0.312. The molecular formula is C16H19BrN2. The van der Waals surface area contributed by atoms with Crippen molar-refractivity contribution >= 4 is 15.9 Å². The van der Waals surface area contributed by atoms with Gasteiger partial charge in [0.25, 0.3) is 0 Å². The first-order chi connectivity index (χ1) is 9.28. The minimum absolute atomic E-state index is 0.587. The van der Waals surface area contributed by atoms with Crippen LogP contribution in [0.1, 0.15) is 11.1 Å². The summed E-state index contributed by atoms with van der Waals surface area (Å²) in [5.74, 6) is 0.587. The maximum absolute atomic E-state index is 4.24. The van der Waals surface area contributed by atoms with Crippen molar-refractivity contribution in [1.82, 2.24) is 10.3 Å². The number of rotatable bonds is 6. The Kier molecular flexibility index (Phi) is 5.55. The van der Waals surface area contributed by atoms with Gasteiger partial charge in [0.05, 0.1) is 0 Å². The molecule has 0 aliphatic rings. The predicted octanol–water partition coefficient (Wildman–Crippen LogP) is 3.46. The zero-order valence-electron chi connectivity index (χ0n) is 11.1. The van der Waals surface area contributed by atoms with Crippen molar-refractivity contribution in [1.29, 1.82) is 0 Å². The summed E-state index contributed by atoms with van der Waals surface area (Å²) < 4.78 is 1.05. The molecule has 2 aromatic rings. The van der Waals surface area contributed by atoms with Gasteiger partial charge in [-0.25, -0.2) is 0 Å². The molecule has 0 radical (unpaired) electrons. The van der Waals surface area contributed by atoms with Gasteiger partial charge in [0.2, 0.25) is 0 Å². The van der Waals surface area contributed by atoms with Crippen LogP contribution < -0.4 is 5.32 Å². The molecule has 1 aromatic carbocycles. The summed E-state index contributed by atoms with van der Waals surface area (Å²) in [6, 6.07) is 12.8. The third-order valence-electron chi connectivity index (χ3n) is 3.15. The Morgan fingerprint density at radius 3 is 2.53 bits per heavy atom. The van der Waals surface area contributed by atoms with Crippen molar-refractivity contribution in [3.05, 3.63) is 64.4 Å². The molecule has 0 saturated heterocycles. The van der Waals surface area contributed by atoms with Gasteiger partial charge in [0, 0.05) is 16.9 Å². The second kappa shape index (κ2) is 7.41. The van der Waals surface area contributed by atoms with Crippen LogP contribution >= 0.6 is 15.9 Å². The lowest BCUT2D eigenvalue weighted by atomic mass is 9.93. The van der Waals surface area contributed by atoms with E-state index in [9.17, 15) is 0 Å². The Labute approximate surface area is 123 Å². The van der Waals surface area contributed by atoms with Crippen LogP contribution in [0.4, 0.5) is 0 Å². The molecule has 19 heavy (non-hydrogen) atoms. The third kappa shape index (κ3) is 4.77. The maximum atomic E-state index is 4.24. The number of halogens is 1. The van der Waals surface area contributed by atoms with E-state index in [1.165, 1.54) is 11.1 Å². The lowest BCUT2D eigenvalue weighted by Crippen LogP contribution is -2.22. The van der Waals surface area contributed by atoms with Crippen LogP contribution in [0.2, 0.25) is 0 Å². The molecule has 0 fully saturated rings. The Morgan fingerprint density at radius 2 is 1.84 bits per heavy atom. The highest BCUT2D eigenvalue weighted by Crippen LogP contribution is 2.16. The SMILES string of the molecule is CNCC(Cc1ccccc1)Cc1cncc(Br)c1. The first kappa shape index (κ1) is 14.2. The van der Waals surface area contributed by atoms with Crippen molar-refractivity contribution < 1.29 is 0 Å². The van der Waals surface area contributed by atoms with Crippen molar-refractivity contribution in [2.24, 2.45) is 5.92 Å². The highest BCUT2D eigenvalue weighted by atomic mass is 79.9.